The van der Waals surface area contributed by atoms with E-state index >= 15 is 0 Å². The fraction of sp³-hybridized carbons (Fsp3) is 1.00. The highest BCUT2D eigenvalue weighted by Gasteiger charge is 2.33. The largest absolute Gasteiger partial charge is 0.388 e. The zero-order valence-corrected chi connectivity index (χ0v) is 27.9. The Kier molecular flexibility index (Phi) is 18.2. The molecule has 0 bridgehead atoms. The van der Waals surface area contributed by atoms with Gasteiger partial charge in [-0.25, -0.2) is 0 Å². The van der Waals surface area contributed by atoms with Gasteiger partial charge in [0, 0.05) is 19.8 Å². The summed E-state index contributed by atoms with van der Waals surface area (Å²) >= 11 is 0. The number of aliphatic hydroxyl groups is 3. The lowest BCUT2D eigenvalue weighted by Gasteiger charge is -2.31. The topological polar surface area (TPSA) is 88.4 Å². The zero-order chi connectivity index (χ0) is 30.4. The van der Waals surface area contributed by atoms with Crippen molar-refractivity contribution in [1.82, 2.24) is 0 Å². The van der Waals surface area contributed by atoms with Crippen molar-refractivity contribution in [3.63, 3.8) is 0 Å². The van der Waals surface area contributed by atoms with Crippen molar-refractivity contribution in [2.75, 3.05) is 33.0 Å². The van der Waals surface area contributed by atoms with Gasteiger partial charge in [0.1, 0.15) is 24.4 Å². The summed E-state index contributed by atoms with van der Waals surface area (Å²) in [6.45, 7) is 28.2. The maximum absolute atomic E-state index is 11.0. The van der Waals surface area contributed by atoms with Crippen LogP contribution in [0.25, 0.3) is 0 Å². The van der Waals surface area contributed by atoms with Gasteiger partial charge in [0.2, 0.25) is 0 Å². The predicted molar refractivity (Wildman–Crippen MR) is 163 cm³/mol. The van der Waals surface area contributed by atoms with Gasteiger partial charge in [0.05, 0.1) is 13.2 Å². The summed E-state index contributed by atoms with van der Waals surface area (Å²) in [6.07, 6.45) is 1.48. The van der Waals surface area contributed by atoms with E-state index in [2.05, 4.69) is 83.1 Å². The van der Waals surface area contributed by atoms with Gasteiger partial charge in [-0.05, 0) is 72.5 Å². The molecule has 7 atom stereocenters. The van der Waals surface area contributed by atoms with Crippen LogP contribution in [0.15, 0.2) is 0 Å². The molecule has 0 spiro atoms. The fourth-order valence-electron chi connectivity index (χ4n) is 5.67. The monoisotopic (exact) mass is 561 g/mol. The minimum atomic E-state index is -1.27. The highest BCUT2D eigenvalue weighted by Crippen LogP contribution is 2.28. The lowest BCUT2D eigenvalue weighted by atomic mass is 9.84. The van der Waals surface area contributed by atoms with Crippen LogP contribution in [0.4, 0.5) is 0 Å². The first-order valence-electron chi connectivity index (χ1n) is 15.5. The fourth-order valence-corrected chi connectivity index (χ4v) is 5.67. The second kappa shape index (κ2) is 18.3. The Balaban J connectivity index is 4.90. The van der Waals surface area contributed by atoms with Crippen LogP contribution in [-0.2, 0) is 14.2 Å². The Bertz CT molecular complexity index is 603. The number of rotatable bonds is 20. The van der Waals surface area contributed by atoms with E-state index in [0.717, 1.165) is 38.5 Å². The van der Waals surface area contributed by atoms with Crippen LogP contribution >= 0.6 is 0 Å². The normalized spacial score (nSPS) is 18.8. The third kappa shape index (κ3) is 22.1. The van der Waals surface area contributed by atoms with E-state index < -0.39 is 24.4 Å². The Morgan fingerprint density at radius 2 is 0.846 bits per heavy atom. The van der Waals surface area contributed by atoms with Gasteiger partial charge in [-0.1, -0.05) is 83.1 Å². The molecule has 0 rings (SSSR count). The quantitative estimate of drug-likeness (QED) is 0.141. The molecule has 6 nitrogen and oxygen atoms in total. The first kappa shape index (κ1) is 38.8. The molecule has 0 saturated carbocycles. The van der Waals surface area contributed by atoms with Crippen molar-refractivity contribution >= 4 is 0 Å². The molecule has 0 aromatic carbocycles. The summed E-state index contributed by atoms with van der Waals surface area (Å²) < 4.78 is 17.5. The van der Waals surface area contributed by atoms with Crippen molar-refractivity contribution in [3.8, 4) is 0 Å². The van der Waals surface area contributed by atoms with E-state index in [1.165, 1.54) is 0 Å². The van der Waals surface area contributed by atoms with Gasteiger partial charge in [-0.15, -0.1) is 0 Å². The molecule has 0 amide bonds. The first-order chi connectivity index (χ1) is 17.7. The maximum Gasteiger partial charge on any atom is 0.114 e. The summed E-state index contributed by atoms with van der Waals surface area (Å²) in [5.41, 5.74) is 0.773. The molecule has 0 fully saturated rings. The van der Waals surface area contributed by atoms with Crippen LogP contribution in [0.2, 0.25) is 0 Å². The standard InChI is InChI=1S/C33H68O6/c1-24(19-31(4,5)6)13-16-37-22-27(34)29(36)30(39-18-15-26(3)21-33(10,11)12)28(35)23-38-17-14-25(2)20-32(7,8)9/h24-30,34-36H,13-23H2,1-12H3/t24?,25?,26?,27-,28+,29-,30-/m1/s1. The highest BCUT2D eigenvalue weighted by atomic mass is 16.5. The second-order valence-corrected chi connectivity index (χ2v) is 16.1. The molecule has 0 heterocycles. The molecule has 236 valence electrons. The molecule has 0 aliphatic rings. The molecule has 0 aromatic heterocycles. The number of hydrogen-bond acceptors (Lipinski definition) is 6. The molecule has 0 aliphatic carbocycles. The molecule has 0 aliphatic heterocycles. The van der Waals surface area contributed by atoms with Gasteiger partial charge in [0.25, 0.3) is 0 Å². The van der Waals surface area contributed by atoms with Crippen LogP contribution in [0.3, 0.4) is 0 Å². The van der Waals surface area contributed by atoms with E-state index in [0.29, 0.717) is 37.6 Å². The van der Waals surface area contributed by atoms with Crippen LogP contribution in [-0.4, -0.2) is 72.8 Å². The molecule has 3 unspecified atom stereocenters. The number of ether oxygens (including phenoxy) is 3. The Hall–Kier alpha value is -0.240. The van der Waals surface area contributed by atoms with Gasteiger partial charge in [-0.3, -0.25) is 0 Å². The number of aliphatic hydroxyl groups excluding tert-OH is 3. The molecule has 0 saturated heterocycles. The summed E-state index contributed by atoms with van der Waals surface area (Å²) in [7, 11) is 0. The minimum absolute atomic E-state index is 0.00157. The highest BCUT2D eigenvalue weighted by molar-refractivity contribution is 4.83. The summed E-state index contributed by atoms with van der Waals surface area (Å²) in [5.74, 6) is 1.49. The van der Waals surface area contributed by atoms with Crippen LogP contribution in [0, 0.1) is 34.0 Å². The average Bonchev–Trinajstić information content (AvgIpc) is 2.72. The van der Waals surface area contributed by atoms with Crippen LogP contribution in [0.5, 0.6) is 0 Å². The molecule has 0 radical (unpaired) electrons. The summed E-state index contributed by atoms with van der Waals surface area (Å²) in [6, 6.07) is 0. The number of hydrogen-bond donors (Lipinski definition) is 3. The minimum Gasteiger partial charge on any atom is -0.388 e. The summed E-state index contributed by atoms with van der Waals surface area (Å²) in [4.78, 5) is 0. The van der Waals surface area contributed by atoms with Gasteiger partial charge in [-0.2, -0.15) is 0 Å². The van der Waals surface area contributed by atoms with Gasteiger partial charge < -0.3 is 29.5 Å². The van der Waals surface area contributed by atoms with Crippen LogP contribution in [0.1, 0.15) is 122 Å². The van der Waals surface area contributed by atoms with E-state index in [9.17, 15) is 15.3 Å². The third-order valence-corrected chi connectivity index (χ3v) is 7.00. The first-order valence-corrected chi connectivity index (χ1v) is 15.5. The zero-order valence-electron chi connectivity index (χ0n) is 27.9. The third-order valence-electron chi connectivity index (χ3n) is 7.00. The lowest BCUT2D eigenvalue weighted by molar-refractivity contribution is -0.158. The second-order valence-electron chi connectivity index (χ2n) is 16.1. The van der Waals surface area contributed by atoms with E-state index in [1.54, 1.807) is 0 Å². The Labute approximate surface area is 242 Å². The van der Waals surface area contributed by atoms with E-state index in [1.807, 2.05) is 0 Å². The van der Waals surface area contributed by atoms with E-state index in [4.69, 9.17) is 14.2 Å². The van der Waals surface area contributed by atoms with Crippen LogP contribution < -0.4 is 0 Å². The van der Waals surface area contributed by atoms with Crippen molar-refractivity contribution < 1.29 is 29.5 Å². The Morgan fingerprint density at radius 3 is 1.21 bits per heavy atom. The predicted octanol–water partition coefficient (Wildman–Crippen LogP) is 6.87. The molecule has 39 heavy (non-hydrogen) atoms. The SMILES string of the molecule is CC(CCOC[C@@H](O)[C@@H](O)[C@H](OCCC(C)CC(C)(C)C)[C@@H](O)COCCC(C)CC(C)(C)C)CC(C)(C)C. The average molecular weight is 561 g/mol. The van der Waals surface area contributed by atoms with Gasteiger partial charge >= 0.3 is 0 Å². The van der Waals surface area contributed by atoms with Crippen molar-refractivity contribution in [3.05, 3.63) is 0 Å². The lowest BCUT2D eigenvalue weighted by Crippen LogP contribution is -2.49. The van der Waals surface area contributed by atoms with Gasteiger partial charge in [0.15, 0.2) is 0 Å². The molecule has 0 aromatic rings. The van der Waals surface area contributed by atoms with Crippen molar-refractivity contribution in [2.45, 2.75) is 146 Å². The van der Waals surface area contributed by atoms with Crippen molar-refractivity contribution in [1.29, 1.82) is 0 Å². The van der Waals surface area contributed by atoms with E-state index in [-0.39, 0.29) is 29.5 Å². The molecular formula is C33H68O6. The summed E-state index contributed by atoms with van der Waals surface area (Å²) in [5, 5.41) is 32.6. The molecule has 6 heteroatoms. The van der Waals surface area contributed by atoms with Crippen molar-refractivity contribution in [2.24, 2.45) is 34.0 Å². The molecular weight excluding hydrogens is 492 g/mol. The maximum atomic E-state index is 11.0. The molecule has 3 N–H and O–H groups in total. The Morgan fingerprint density at radius 1 is 0.513 bits per heavy atom. The smallest absolute Gasteiger partial charge is 0.114 e.